The Balaban J connectivity index is 1.89. The van der Waals surface area contributed by atoms with Crippen molar-refractivity contribution in [1.29, 1.82) is 0 Å². The molecule has 1 aromatic carbocycles. The van der Waals surface area contributed by atoms with Gasteiger partial charge in [0, 0.05) is 0 Å². The number of rotatable bonds is 12. The first-order valence-corrected chi connectivity index (χ1v) is 20.9. The third kappa shape index (κ3) is 6.11. The Morgan fingerprint density at radius 3 is 2.09 bits per heavy atom. The van der Waals surface area contributed by atoms with Gasteiger partial charge in [-0.3, -0.25) is 0 Å². The molecule has 1 aliphatic carbocycles. The van der Waals surface area contributed by atoms with E-state index in [0.717, 1.165) is 25.9 Å². The summed E-state index contributed by atoms with van der Waals surface area (Å²) in [5.41, 5.74) is 1.33. The predicted octanol–water partition coefficient (Wildman–Crippen LogP) is 6.81. The number of esters is 1. The molecule has 2 fully saturated rings. The molecule has 1 aliphatic heterocycles. The monoisotopic (exact) mass is 550 g/mol. The second-order valence-electron chi connectivity index (χ2n) is 10.4. The van der Waals surface area contributed by atoms with Crippen LogP contribution in [0.3, 0.4) is 0 Å². The Hall–Kier alpha value is -0.551. The van der Waals surface area contributed by atoms with Crippen LogP contribution in [0.5, 0.6) is 0 Å². The molecule has 4 atom stereocenters. The molecule has 1 heterocycles. The van der Waals surface area contributed by atoms with E-state index in [2.05, 4.69) is 45.0 Å². The first kappa shape index (κ1) is 26.1. The molecule has 4 unspecified atom stereocenters. The average molecular weight is 549 g/mol. The van der Waals surface area contributed by atoms with Gasteiger partial charge < -0.3 is 0 Å². The van der Waals surface area contributed by atoms with Crippen molar-refractivity contribution in [2.24, 2.45) is 11.8 Å². The molecular formula is C28H46O3Sn. The van der Waals surface area contributed by atoms with Crippen LogP contribution < -0.4 is 3.58 Å². The molecular weight excluding hydrogens is 503 g/mol. The second-order valence-corrected chi connectivity index (χ2v) is 23.6. The number of carbonyl (C=O) groups excluding carboxylic acids is 1. The number of fused-ring (bicyclic) bond motifs is 2. The van der Waals surface area contributed by atoms with Crippen molar-refractivity contribution < 1.29 is 14.3 Å². The van der Waals surface area contributed by atoms with Crippen LogP contribution in [-0.4, -0.2) is 44.2 Å². The summed E-state index contributed by atoms with van der Waals surface area (Å²) in [6.07, 6.45) is 11.3. The van der Waals surface area contributed by atoms with Crippen molar-refractivity contribution in [1.82, 2.24) is 0 Å². The van der Waals surface area contributed by atoms with Gasteiger partial charge in [0.2, 0.25) is 0 Å². The van der Waals surface area contributed by atoms with Crippen molar-refractivity contribution in [3.05, 3.63) is 29.8 Å². The van der Waals surface area contributed by atoms with Crippen LogP contribution in [-0.2, 0) is 14.3 Å². The van der Waals surface area contributed by atoms with E-state index in [1.54, 1.807) is 3.58 Å². The molecule has 2 bridgehead atoms. The molecule has 32 heavy (non-hydrogen) atoms. The third-order valence-electron chi connectivity index (χ3n) is 8.30. The van der Waals surface area contributed by atoms with Gasteiger partial charge >= 0.3 is 201 Å². The van der Waals surface area contributed by atoms with Gasteiger partial charge in [0.1, 0.15) is 0 Å². The summed E-state index contributed by atoms with van der Waals surface area (Å²) in [4.78, 5) is 12.7. The second kappa shape index (κ2) is 12.8. The van der Waals surface area contributed by atoms with Crippen LogP contribution in [0.25, 0.3) is 0 Å². The molecule has 0 radical (unpaired) electrons. The van der Waals surface area contributed by atoms with Crippen molar-refractivity contribution in [2.45, 2.75) is 104 Å². The summed E-state index contributed by atoms with van der Waals surface area (Å²) in [5.74, 6) is 0.658. The number of ether oxygens (including phenoxy) is 2. The molecule has 1 aromatic rings. The van der Waals surface area contributed by atoms with Crippen molar-refractivity contribution in [3.63, 3.8) is 0 Å². The third-order valence-corrected chi connectivity index (χ3v) is 24.0. The molecule has 0 spiro atoms. The van der Waals surface area contributed by atoms with Gasteiger partial charge in [0.25, 0.3) is 0 Å². The molecule has 180 valence electrons. The Morgan fingerprint density at radius 1 is 0.969 bits per heavy atom. The summed E-state index contributed by atoms with van der Waals surface area (Å²) >= 11 is -2.41. The topological polar surface area (TPSA) is 35.5 Å². The van der Waals surface area contributed by atoms with E-state index < -0.39 is 18.4 Å². The fourth-order valence-electron chi connectivity index (χ4n) is 6.36. The predicted molar refractivity (Wildman–Crippen MR) is 136 cm³/mol. The van der Waals surface area contributed by atoms with E-state index in [0.29, 0.717) is 5.92 Å². The zero-order valence-corrected chi connectivity index (χ0v) is 23.9. The normalized spacial score (nSPS) is 25.5. The van der Waals surface area contributed by atoms with Crippen molar-refractivity contribution in [3.8, 4) is 0 Å². The Bertz CT molecular complexity index is 679. The maximum absolute atomic E-state index is 12.7. The van der Waals surface area contributed by atoms with Gasteiger partial charge in [-0.25, -0.2) is 0 Å². The van der Waals surface area contributed by atoms with Gasteiger partial charge in [0.05, 0.1) is 0 Å². The van der Waals surface area contributed by atoms with Gasteiger partial charge in [0.15, 0.2) is 0 Å². The average Bonchev–Trinajstić information content (AvgIpc) is 2.83. The van der Waals surface area contributed by atoms with E-state index >= 15 is 0 Å². The Labute approximate surface area is 200 Å². The van der Waals surface area contributed by atoms with E-state index in [9.17, 15) is 4.79 Å². The van der Waals surface area contributed by atoms with Gasteiger partial charge in [-0.15, -0.1) is 0 Å². The molecule has 3 nitrogen and oxygen atoms in total. The molecule has 1 saturated heterocycles. The quantitative estimate of drug-likeness (QED) is 0.212. The summed E-state index contributed by atoms with van der Waals surface area (Å²) in [6, 6.07) is 9.75. The standard InChI is InChI=1S/C16H19O3.3C4H9.Sn/c1-18-16(17)15-13(12-5-3-2-4-6-12)9-11-7-8-19-14(15)10-11;3*1-3-4-2;/h3-6,11,13-15H,7-10H2,1H3;3*1,3-4H2,2H3;. The summed E-state index contributed by atoms with van der Waals surface area (Å²) < 4.78 is 17.5. The van der Waals surface area contributed by atoms with Crippen LogP contribution in [0.15, 0.2) is 24.3 Å². The van der Waals surface area contributed by atoms with Crippen LogP contribution in [0.1, 0.15) is 90.0 Å². The number of unbranched alkanes of at least 4 members (excludes halogenated alkanes) is 3. The minimum absolute atomic E-state index is 0.0246. The fraction of sp³-hybridized carbons (Fsp3) is 0.750. The van der Waals surface area contributed by atoms with Crippen molar-refractivity contribution >= 4 is 27.9 Å². The van der Waals surface area contributed by atoms with Gasteiger partial charge in [-0.2, -0.15) is 0 Å². The van der Waals surface area contributed by atoms with E-state index in [1.165, 1.54) is 64.5 Å². The summed E-state index contributed by atoms with van der Waals surface area (Å²) in [5, 5.41) is 0. The van der Waals surface area contributed by atoms with Crippen LogP contribution in [0.2, 0.25) is 13.3 Å². The molecule has 0 amide bonds. The van der Waals surface area contributed by atoms with Crippen molar-refractivity contribution in [2.75, 3.05) is 13.7 Å². The zero-order valence-electron chi connectivity index (χ0n) is 21.0. The van der Waals surface area contributed by atoms with Crippen LogP contribution in [0.4, 0.5) is 0 Å². The van der Waals surface area contributed by atoms with Gasteiger partial charge in [-0.1, -0.05) is 0 Å². The molecule has 1 saturated carbocycles. The maximum atomic E-state index is 12.7. The summed E-state index contributed by atoms with van der Waals surface area (Å²) in [6.45, 7) is 7.81. The molecule has 0 N–H and O–H groups in total. The van der Waals surface area contributed by atoms with E-state index in [-0.39, 0.29) is 23.9 Å². The van der Waals surface area contributed by atoms with E-state index in [1.807, 2.05) is 0 Å². The number of hydrogen-bond acceptors (Lipinski definition) is 3. The first-order chi connectivity index (χ1) is 15.6. The number of carbonyl (C=O) groups is 1. The van der Waals surface area contributed by atoms with Gasteiger partial charge in [-0.05, 0) is 0 Å². The van der Waals surface area contributed by atoms with Crippen LogP contribution in [0, 0.1) is 11.8 Å². The molecule has 2 aliphatic rings. The summed E-state index contributed by atoms with van der Waals surface area (Å²) in [7, 11) is 1.52. The fourth-order valence-corrected chi connectivity index (χ4v) is 22.3. The first-order valence-electron chi connectivity index (χ1n) is 13.4. The SMILES string of the molecule is CCC[CH2][Sn]([CH2]CCC)([CH2]CCC)[c]1ccc(C2CC3CCOC(C3)C2C(=O)OC)cc1. The molecule has 4 heteroatoms. The number of methoxy groups -OCH3 is 1. The van der Waals surface area contributed by atoms with Crippen LogP contribution >= 0.6 is 0 Å². The Kier molecular flexibility index (Phi) is 10.4. The molecule has 0 aromatic heterocycles. The number of hydrogen-bond donors (Lipinski definition) is 0. The van der Waals surface area contributed by atoms with E-state index in [4.69, 9.17) is 9.47 Å². The molecule has 3 rings (SSSR count). The number of benzene rings is 1. The zero-order chi connectivity index (χ0) is 23.0. The Morgan fingerprint density at radius 2 is 1.56 bits per heavy atom. The minimum atomic E-state index is -2.41.